The van der Waals surface area contributed by atoms with Gasteiger partial charge in [-0.1, -0.05) is 0 Å². The summed E-state index contributed by atoms with van der Waals surface area (Å²) in [5, 5.41) is 0. The molecule has 0 heterocycles. The molecule has 0 spiro atoms. The lowest BCUT2D eigenvalue weighted by molar-refractivity contribution is 0.0313. The summed E-state index contributed by atoms with van der Waals surface area (Å²) in [6.45, 7) is 1.21. The third-order valence-corrected chi connectivity index (χ3v) is 1.31. The van der Waals surface area contributed by atoms with E-state index in [2.05, 4.69) is 8.37 Å². The first-order valence-electron chi connectivity index (χ1n) is 2.08. The van der Waals surface area contributed by atoms with Gasteiger partial charge in [0.2, 0.25) is 0 Å². The Morgan fingerprint density at radius 2 is 1.50 bits per heavy atom. The summed E-state index contributed by atoms with van der Waals surface area (Å²) >= 11 is -4.97. The van der Waals surface area contributed by atoms with Crippen molar-refractivity contribution in [1.29, 1.82) is 0 Å². The van der Waals surface area contributed by atoms with Gasteiger partial charge in [-0.3, -0.25) is 9.11 Å². The minimum Gasteiger partial charge on any atom is -0.284 e. The zero-order valence-electron chi connectivity index (χ0n) is 4.92. The second kappa shape index (κ2) is 4.88. The molecule has 0 bridgehead atoms. The van der Waals surface area contributed by atoms with Crippen molar-refractivity contribution < 1.29 is 25.9 Å². The van der Waals surface area contributed by atoms with Crippen LogP contribution in [0.15, 0.2) is 0 Å². The van der Waals surface area contributed by atoms with Crippen LogP contribution >= 0.6 is 0 Å². The molecule has 0 aliphatic rings. The summed E-state index contributed by atoms with van der Waals surface area (Å²) in [6.07, 6.45) is -1.18. The molecule has 0 aromatic carbocycles. The van der Waals surface area contributed by atoms with Crippen LogP contribution in [0.1, 0.15) is 6.92 Å². The fourth-order valence-corrected chi connectivity index (χ4v) is 0.840. The van der Waals surface area contributed by atoms with E-state index in [4.69, 9.17) is 9.11 Å². The molecule has 0 aromatic rings. The van der Waals surface area contributed by atoms with Gasteiger partial charge in [0.05, 0.1) is 0 Å². The molecule has 10 heavy (non-hydrogen) atoms. The predicted octanol–water partition coefficient (Wildman–Crippen LogP) is -0.361. The van der Waals surface area contributed by atoms with Crippen LogP contribution in [0, 0.1) is 0 Å². The van der Waals surface area contributed by atoms with E-state index in [9.17, 15) is 8.42 Å². The van der Waals surface area contributed by atoms with E-state index in [1.54, 1.807) is 0 Å². The lowest BCUT2D eigenvalue weighted by Gasteiger charge is -2.04. The van der Waals surface area contributed by atoms with Gasteiger partial charge in [0.15, 0.2) is 6.29 Å². The van der Waals surface area contributed by atoms with Crippen molar-refractivity contribution >= 4 is 22.7 Å². The summed E-state index contributed by atoms with van der Waals surface area (Å²) in [5.41, 5.74) is 0. The minimum atomic E-state index is -2.48. The molecule has 8 heteroatoms. The lowest BCUT2D eigenvalue weighted by atomic mass is 10.8. The summed E-state index contributed by atoms with van der Waals surface area (Å²) in [6, 6.07) is 0. The quantitative estimate of drug-likeness (QED) is 0.464. The van der Waals surface area contributed by atoms with Crippen molar-refractivity contribution in [3.63, 3.8) is 0 Å². The lowest BCUT2D eigenvalue weighted by Crippen LogP contribution is -2.15. The van der Waals surface area contributed by atoms with Gasteiger partial charge >= 0.3 is 22.7 Å². The third kappa shape index (κ3) is 6.26. The van der Waals surface area contributed by atoms with Gasteiger partial charge in [0.1, 0.15) is 0 Å². The van der Waals surface area contributed by atoms with Crippen molar-refractivity contribution in [2.45, 2.75) is 13.2 Å². The molecular weight excluding hydrogens is 184 g/mol. The summed E-state index contributed by atoms with van der Waals surface area (Å²) < 4.78 is 43.7. The SMILES string of the molecule is CC(OS(=O)O)OS(=O)O. The van der Waals surface area contributed by atoms with E-state index in [1.165, 1.54) is 6.92 Å². The van der Waals surface area contributed by atoms with Crippen molar-refractivity contribution in [2.75, 3.05) is 0 Å². The Labute approximate surface area is 62.5 Å². The van der Waals surface area contributed by atoms with Crippen LogP contribution in [0.2, 0.25) is 0 Å². The van der Waals surface area contributed by atoms with Crippen LogP contribution in [0.4, 0.5) is 0 Å². The van der Waals surface area contributed by atoms with E-state index in [-0.39, 0.29) is 0 Å². The summed E-state index contributed by atoms with van der Waals surface area (Å²) in [4.78, 5) is 0. The molecule has 0 aliphatic carbocycles. The highest BCUT2D eigenvalue weighted by molar-refractivity contribution is 7.74. The average molecular weight is 190 g/mol. The monoisotopic (exact) mass is 190 g/mol. The molecule has 0 fully saturated rings. The fourth-order valence-electron chi connectivity index (χ4n) is 0.248. The topological polar surface area (TPSA) is 93.1 Å². The van der Waals surface area contributed by atoms with Crippen LogP contribution in [0.5, 0.6) is 0 Å². The minimum absolute atomic E-state index is 1.18. The molecule has 2 atom stereocenters. The Morgan fingerprint density at radius 1 is 1.20 bits per heavy atom. The molecule has 2 N–H and O–H groups in total. The van der Waals surface area contributed by atoms with Gasteiger partial charge in [-0.05, 0) is 6.92 Å². The molecule has 62 valence electrons. The van der Waals surface area contributed by atoms with Crippen LogP contribution in [-0.4, -0.2) is 23.8 Å². The highest BCUT2D eigenvalue weighted by Gasteiger charge is 2.08. The Kier molecular flexibility index (Phi) is 4.95. The highest BCUT2D eigenvalue weighted by atomic mass is 32.2. The number of hydrogen-bond acceptors (Lipinski definition) is 4. The van der Waals surface area contributed by atoms with Gasteiger partial charge in [-0.25, -0.2) is 8.37 Å². The number of rotatable bonds is 4. The van der Waals surface area contributed by atoms with Gasteiger partial charge < -0.3 is 0 Å². The van der Waals surface area contributed by atoms with E-state index >= 15 is 0 Å². The first kappa shape index (κ1) is 10.1. The van der Waals surface area contributed by atoms with Crippen molar-refractivity contribution in [1.82, 2.24) is 0 Å². The maximum Gasteiger partial charge on any atom is 0.304 e. The van der Waals surface area contributed by atoms with E-state index in [1.807, 2.05) is 0 Å². The standard InChI is InChI=1S/C2H6O6S2/c1-2(7-9(3)4)8-10(5)6/h2H,1H3,(H,3,4)(H,5,6). The molecule has 0 aromatic heterocycles. The van der Waals surface area contributed by atoms with Crippen molar-refractivity contribution in [3.8, 4) is 0 Å². The predicted molar refractivity (Wildman–Crippen MR) is 33.2 cm³/mol. The Bertz CT molecular complexity index is 129. The Balaban J connectivity index is 3.53. The van der Waals surface area contributed by atoms with Crippen molar-refractivity contribution in [3.05, 3.63) is 0 Å². The van der Waals surface area contributed by atoms with E-state index < -0.39 is 29.0 Å². The molecule has 2 unspecified atom stereocenters. The Hall–Kier alpha value is 0.140. The van der Waals surface area contributed by atoms with Crippen LogP contribution in [-0.2, 0) is 31.1 Å². The summed E-state index contributed by atoms with van der Waals surface area (Å²) in [7, 11) is 0. The first-order valence-corrected chi connectivity index (χ1v) is 4.14. The average Bonchev–Trinajstić information content (AvgIpc) is 1.58. The molecule has 0 aliphatic heterocycles. The smallest absolute Gasteiger partial charge is 0.284 e. The van der Waals surface area contributed by atoms with Gasteiger partial charge in [0.25, 0.3) is 0 Å². The largest absolute Gasteiger partial charge is 0.304 e. The van der Waals surface area contributed by atoms with Crippen molar-refractivity contribution in [2.24, 2.45) is 0 Å². The van der Waals surface area contributed by atoms with Crippen LogP contribution in [0.3, 0.4) is 0 Å². The maximum absolute atomic E-state index is 9.82. The molecule has 0 amide bonds. The second-order valence-corrected chi connectivity index (χ2v) is 2.45. The van der Waals surface area contributed by atoms with E-state index in [0.29, 0.717) is 0 Å². The molecule has 6 nitrogen and oxygen atoms in total. The van der Waals surface area contributed by atoms with E-state index in [0.717, 1.165) is 0 Å². The first-order chi connectivity index (χ1) is 4.52. The molecule has 0 radical (unpaired) electrons. The summed E-state index contributed by atoms with van der Waals surface area (Å²) in [5.74, 6) is 0. The molecule has 0 rings (SSSR count). The maximum atomic E-state index is 9.82. The number of hydrogen-bond donors (Lipinski definition) is 2. The second-order valence-electron chi connectivity index (χ2n) is 1.19. The van der Waals surface area contributed by atoms with Gasteiger partial charge in [-0.15, -0.1) is 0 Å². The fraction of sp³-hybridized carbons (Fsp3) is 1.00. The van der Waals surface area contributed by atoms with Gasteiger partial charge in [-0.2, -0.15) is 8.42 Å². The molecule has 0 saturated carbocycles. The molecular formula is C2H6O6S2. The van der Waals surface area contributed by atoms with Gasteiger partial charge in [0, 0.05) is 0 Å². The highest BCUT2D eigenvalue weighted by Crippen LogP contribution is 1.96. The molecule has 0 saturated heterocycles. The Morgan fingerprint density at radius 3 is 1.70 bits per heavy atom. The normalized spacial score (nSPS) is 19.9. The zero-order valence-corrected chi connectivity index (χ0v) is 6.55. The third-order valence-electron chi connectivity index (χ3n) is 0.436. The van der Waals surface area contributed by atoms with Crippen LogP contribution in [0.25, 0.3) is 0 Å². The van der Waals surface area contributed by atoms with Crippen LogP contribution < -0.4 is 0 Å². The zero-order chi connectivity index (χ0) is 8.15.